The average Bonchev–Trinajstić information content (AvgIpc) is 2.36. The van der Waals surface area contributed by atoms with Gasteiger partial charge in [-0.15, -0.1) is 0 Å². The largest absolute Gasteiger partial charge is 0.497 e. The summed E-state index contributed by atoms with van der Waals surface area (Å²) in [5, 5.41) is 20.1. The molecule has 0 radical (unpaired) electrons. The molecule has 1 rings (SSSR count). The van der Waals surface area contributed by atoms with Gasteiger partial charge in [-0.05, 0) is 17.7 Å². The van der Waals surface area contributed by atoms with Crippen LogP contribution in [0.15, 0.2) is 24.3 Å². The number of hydrogen-bond acceptors (Lipinski definition) is 3. The van der Waals surface area contributed by atoms with Gasteiger partial charge in [-0.25, -0.2) is 0 Å². The van der Waals surface area contributed by atoms with E-state index in [1.807, 2.05) is 19.1 Å². The number of aliphatic hydroxyl groups excluding tert-OH is 2. The Hall–Kier alpha value is -0.843. The molecule has 2 N–H and O–H groups in total. The molecule has 4 heteroatoms. The first-order valence-electron chi connectivity index (χ1n) is 5.87. The molecule has 2 atom stereocenters. The number of rotatable bonds is 5. The second-order valence-corrected chi connectivity index (χ2v) is 9.92. The summed E-state index contributed by atoms with van der Waals surface area (Å²) in [6, 6.07) is 8.02. The lowest BCUT2D eigenvalue weighted by atomic mass is 10.3. The molecule has 0 amide bonds. The van der Waals surface area contributed by atoms with Crippen LogP contribution in [-0.2, 0) is 0 Å². The van der Waals surface area contributed by atoms with Gasteiger partial charge in [0.1, 0.15) is 5.75 Å². The first-order valence-corrected chi connectivity index (χ1v) is 8.94. The molecule has 3 nitrogen and oxygen atoms in total. The second kappa shape index (κ2) is 5.66. The fourth-order valence-corrected chi connectivity index (χ4v) is 4.54. The van der Waals surface area contributed by atoms with Crippen LogP contribution in [0, 0.1) is 0 Å². The fraction of sp³-hybridized carbons (Fsp3) is 0.538. The first-order chi connectivity index (χ1) is 7.93. The summed E-state index contributed by atoms with van der Waals surface area (Å²) in [6.07, 6.45) is -0.640. The van der Waals surface area contributed by atoms with E-state index in [9.17, 15) is 5.11 Å². The lowest BCUT2D eigenvalue weighted by molar-refractivity contribution is 0.0909. The van der Waals surface area contributed by atoms with Crippen molar-refractivity contribution in [2.75, 3.05) is 13.7 Å². The SMILES string of the molecule is COc1ccc([Si](C)(C)[C@@H](C)[C@@H](O)CO)cc1. The van der Waals surface area contributed by atoms with Gasteiger partial charge in [-0.2, -0.15) is 0 Å². The number of methoxy groups -OCH3 is 1. The Kier molecular flexibility index (Phi) is 4.74. The van der Waals surface area contributed by atoms with E-state index in [-0.39, 0.29) is 12.1 Å². The zero-order valence-corrected chi connectivity index (χ0v) is 12.0. The Morgan fingerprint density at radius 2 is 1.76 bits per heavy atom. The Balaban J connectivity index is 2.95. The lowest BCUT2D eigenvalue weighted by Crippen LogP contribution is -2.49. The van der Waals surface area contributed by atoms with Crippen molar-refractivity contribution < 1.29 is 14.9 Å². The van der Waals surface area contributed by atoms with E-state index in [2.05, 4.69) is 25.2 Å². The van der Waals surface area contributed by atoms with Crippen LogP contribution in [-0.4, -0.2) is 38.1 Å². The zero-order valence-electron chi connectivity index (χ0n) is 11.0. The van der Waals surface area contributed by atoms with Gasteiger partial charge in [0.15, 0.2) is 0 Å². The molecule has 0 aromatic heterocycles. The molecule has 0 saturated carbocycles. The minimum atomic E-state index is -1.77. The number of ether oxygens (including phenoxy) is 1. The minimum absolute atomic E-state index is 0.112. The Morgan fingerprint density at radius 1 is 1.24 bits per heavy atom. The summed E-state index contributed by atoms with van der Waals surface area (Å²) in [7, 11) is -0.120. The highest BCUT2D eigenvalue weighted by molar-refractivity contribution is 6.91. The number of hydrogen-bond donors (Lipinski definition) is 2. The molecule has 0 aliphatic heterocycles. The van der Waals surface area contributed by atoms with E-state index < -0.39 is 14.2 Å². The van der Waals surface area contributed by atoms with Crippen LogP contribution in [0.25, 0.3) is 0 Å². The van der Waals surface area contributed by atoms with Crippen LogP contribution in [0.2, 0.25) is 18.6 Å². The summed E-state index contributed by atoms with van der Waals surface area (Å²) in [6.45, 7) is 6.25. The van der Waals surface area contributed by atoms with Gasteiger partial charge < -0.3 is 14.9 Å². The molecule has 0 heterocycles. The maximum atomic E-state index is 9.78. The third-order valence-electron chi connectivity index (χ3n) is 3.74. The molecule has 96 valence electrons. The van der Waals surface area contributed by atoms with Crippen LogP contribution in [0.1, 0.15) is 6.92 Å². The van der Waals surface area contributed by atoms with Crippen molar-refractivity contribution in [3.05, 3.63) is 24.3 Å². The van der Waals surface area contributed by atoms with Crippen molar-refractivity contribution >= 4 is 13.3 Å². The van der Waals surface area contributed by atoms with Crippen molar-refractivity contribution in [1.82, 2.24) is 0 Å². The summed E-state index contributed by atoms with van der Waals surface area (Å²) >= 11 is 0. The molecule has 1 aromatic carbocycles. The van der Waals surface area contributed by atoms with Crippen LogP contribution >= 0.6 is 0 Å². The highest BCUT2D eigenvalue weighted by Gasteiger charge is 2.34. The van der Waals surface area contributed by atoms with Gasteiger partial charge >= 0.3 is 0 Å². The molecule has 0 aliphatic rings. The van der Waals surface area contributed by atoms with Gasteiger partial charge in [0.25, 0.3) is 0 Å². The molecule has 17 heavy (non-hydrogen) atoms. The monoisotopic (exact) mass is 254 g/mol. The molecule has 0 aliphatic carbocycles. The molecule has 0 fully saturated rings. The van der Waals surface area contributed by atoms with Crippen molar-refractivity contribution in [3.8, 4) is 5.75 Å². The maximum Gasteiger partial charge on any atom is 0.118 e. The third kappa shape index (κ3) is 3.09. The van der Waals surface area contributed by atoms with E-state index in [0.717, 1.165) is 5.75 Å². The Labute approximate surface area is 104 Å². The quantitative estimate of drug-likeness (QED) is 0.780. The Bertz CT molecular complexity index is 348. The second-order valence-electron chi connectivity index (χ2n) is 4.99. The van der Waals surface area contributed by atoms with Crippen molar-refractivity contribution in [2.24, 2.45) is 0 Å². The van der Waals surface area contributed by atoms with Gasteiger partial charge in [-0.1, -0.05) is 37.3 Å². The fourth-order valence-electron chi connectivity index (χ4n) is 1.92. The number of aliphatic hydroxyl groups is 2. The van der Waals surface area contributed by atoms with Gasteiger partial charge in [0.05, 0.1) is 27.9 Å². The molecule has 0 unspecified atom stereocenters. The lowest BCUT2D eigenvalue weighted by Gasteiger charge is -2.33. The summed E-state index contributed by atoms with van der Waals surface area (Å²) in [4.78, 5) is 0. The van der Waals surface area contributed by atoms with E-state index in [4.69, 9.17) is 9.84 Å². The van der Waals surface area contributed by atoms with E-state index >= 15 is 0 Å². The van der Waals surface area contributed by atoms with Crippen molar-refractivity contribution in [2.45, 2.75) is 31.7 Å². The maximum absolute atomic E-state index is 9.78. The molecule has 1 aromatic rings. The van der Waals surface area contributed by atoms with E-state index in [1.54, 1.807) is 7.11 Å². The predicted molar refractivity (Wildman–Crippen MR) is 72.6 cm³/mol. The van der Waals surface area contributed by atoms with Gasteiger partial charge in [0.2, 0.25) is 0 Å². The molecule has 0 spiro atoms. The van der Waals surface area contributed by atoms with Crippen LogP contribution < -0.4 is 9.92 Å². The smallest absolute Gasteiger partial charge is 0.118 e. The number of benzene rings is 1. The van der Waals surface area contributed by atoms with Gasteiger partial charge in [0, 0.05) is 0 Å². The van der Waals surface area contributed by atoms with Gasteiger partial charge in [-0.3, -0.25) is 0 Å². The van der Waals surface area contributed by atoms with Crippen LogP contribution in [0.4, 0.5) is 0 Å². The highest BCUT2D eigenvalue weighted by Crippen LogP contribution is 2.25. The molecular formula is C13H22O3Si. The summed E-state index contributed by atoms with van der Waals surface area (Å²) in [5.41, 5.74) is 0.112. The normalized spacial score (nSPS) is 15.4. The molecule has 0 saturated heterocycles. The first kappa shape index (κ1) is 14.2. The third-order valence-corrected chi connectivity index (χ3v) is 8.22. The van der Waals surface area contributed by atoms with Crippen LogP contribution in [0.5, 0.6) is 5.75 Å². The summed E-state index contributed by atoms with van der Waals surface area (Å²) in [5.74, 6) is 0.842. The van der Waals surface area contributed by atoms with E-state index in [0.29, 0.717) is 0 Å². The molecular weight excluding hydrogens is 232 g/mol. The topological polar surface area (TPSA) is 49.7 Å². The highest BCUT2D eigenvalue weighted by atomic mass is 28.3. The zero-order chi connectivity index (χ0) is 13.1. The molecule has 0 bridgehead atoms. The van der Waals surface area contributed by atoms with Crippen molar-refractivity contribution in [1.29, 1.82) is 0 Å². The Morgan fingerprint density at radius 3 is 2.18 bits per heavy atom. The van der Waals surface area contributed by atoms with E-state index in [1.165, 1.54) is 5.19 Å². The predicted octanol–water partition coefficient (Wildman–Crippen LogP) is 1.35. The average molecular weight is 254 g/mol. The van der Waals surface area contributed by atoms with Crippen molar-refractivity contribution in [3.63, 3.8) is 0 Å². The summed E-state index contributed by atoms with van der Waals surface area (Å²) < 4.78 is 5.14. The minimum Gasteiger partial charge on any atom is -0.497 e. The standard InChI is InChI=1S/C13H22O3Si/c1-10(13(15)9-14)17(3,4)12-7-5-11(16-2)6-8-12/h5-8,10,13-15H,9H2,1-4H3/t10-,13-/m0/s1. The van der Waals surface area contributed by atoms with Crippen LogP contribution in [0.3, 0.4) is 0 Å².